The highest BCUT2D eigenvalue weighted by Crippen LogP contribution is 2.34. The minimum Gasteiger partial charge on any atom is -0.372 e. The molecule has 2 heterocycles. The molecule has 1 aromatic heterocycles. The zero-order valence-corrected chi connectivity index (χ0v) is 10.8. The van der Waals surface area contributed by atoms with Crippen molar-refractivity contribution in [3.8, 4) is 0 Å². The number of nitro groups is 1. The van der Waals surface area contributed by atoms with Gasteiger partial charge in [0.2, 0.25) is 12.3 Å². The third-order valence-electron chi connectivity index (χ3n) is 3.16. The first-order valence-corrected chi connectivity index (χ1v) is 6.24. The summed E-state index contributed by atoms with van der Waals surface area (Å²) in [5, 5.41) is 20.4. The van der Waals surface area contributed by atoms with Gasteiger partial charge in [0.15, 0.2) is 5.82 Å². The number of aryl methyl sites for hydroxylation is 1. The van der Waals surface area contributed by atoms with Crippen molar-refractivity contribution in [2.75, 3.05) is 10.6 Å². The summed E-state index contributed by atoms with van der Waals surface area (Å²) in [7, 11) is 0. The number of anilines is 2. The summed E-state index contributed by atoms with van der Waals surface area (Å²) < 4.78 is 4.59. The molecule has 0 spiro atoms. The highest BCUT2D eigenvalue weighted by Gasteiger charge is 2.22. The Kier molecular flexibility index (Phi) is 3.22. The Hall–Kier alpha value is -2.97. The van der Waals surface area contributed by atoms with Crippen molar-refractivity contribution in [3.05, 3.63) is 40.0 Å². The van der Waals surface area contributed by atoms with Crippen LogP contribution >= 0.6 is 0 Å². The van der Waals surface area contributed by atoms with E-state index in [0.29, 0.717) is 30.0 Å². The Morgan fingerprint density at radius 3 is 3.00 bits per heavy atom. The SMILES string of the molecule is O=C1CCc2cc([N+](=O)[O-])c(NCc3ncon3)cc2N1. The molecule has 0 bridgehead atoms. The van der Waals surface area contributed by atoms with Crippen molar-refractivity contribution >= 4 is 23.0 Å². The Morgan fingerprint density at radius 2 is 2.29 bits per heavy atom. The minimum atomic E-state index is -0.463. The molecule has 0 fully saturated rings. The number of amides is 1. The number of carbonyl (C=O) groups is 1. The number of benzene rings is 1. The molecule has 3 rings (SSSR count). The molecular formula is C12H11N5O4. The first-order chi connectivity index (χ1) is 10.1. The van der Waals surface area contributed by atoms with Gasteiger partial charge < -0.3 is 15.2 Å². The van der Waals surface area contributed by atoms with Crippen LogP contribution in [0.3, 0.4) is 0 Å². The average Bonchev–Trinajstić information content (AvgIpc) is 2.97. The van der Waals surface area contributed by atoms with E-state index in [2.05, 4.69) is 25.3 Å². The third-order valence-corrected chi connectivity index (χ3v) is 3.16. The Bertz CT molecular complexity index is 698. The van der Waals surface area contributed by atoms with Crippen molar-refractivity contribution in [1.82, 2.24) is 10.1 Å². The van der Waals surface area contributed by atoms with Crippen molar-refractivity contribution in [3.63, 3.8) is 0 Å². The fourth-order valence-electron chi connectivity index (χ4n) is 2.15. The predicted octanol–water partition coefficient (Wildman–Crippen LogP) is 1.47. The van der Waals surface area contributed by atoms with Gasteiger partial charge in [0.05, 0.1) is 11.5 Å². The molecular weight excluding hydrogens is 278 g/mol. The number of nitrogens with one attached hydrogen (secondary N) is 2. The van der Waals surface area contributed by atoms with Crippen LogP contribution in [0.5, 0.6) is 0 Å². The molecule has 0 saturated carbocycles. The Labute approximate surface area is 118 Å². The Morgan fingerprint density at radius 1 is 1.43 bits per heavy atom. The van der Waals surface area contributed by atoms with Gasteiger partial charge in [-0.25, -0.2) is 0 Å². The van der Waals surface area contributed by atoms with E-state index in [1.165, 1.54) is 12.5 Å². The maximum Gasteiger partial charge on any atom is 0.292 e. The molecule has 0 unspecified atom stereocenters. The summed E-state index contributed by atoms with van der Waals surface area (Å²) >= 11 is 0. The van der Waals surface area contributed by atoms with Crippen molar-refractivity contribution in [1.29, 1.82) is 0 Å². The second-order valence-corrected chi connectivity index (χ2v) is 4.53. The van der Waals surface area contributed by atoms with Gasteiger partial charge in [-0.05, 0) is 18.1 Å². The largest absolute Gasteiger partial charge is 0.372 e. The summed E-state index contributed by atoms with van der Waals surface area (Å²) in [5.41, 5.74) is 1.60. The maximum absolute atomic E-state index is 11.4. The average molecular weight is 289 g/mol. The molecule has 9 nitrogen and oxygen atoms in total. The lowest BCUT2D eigenvalue weighted by Gasteiger charge is -2.18. The van der Waals surface area contributed by atoms with Crippen molar-refractivity contribution < 1.29 is 14.2 Å². The molecule has 1 aliphatic heterocycles. The Balaban J connectivity index is 1.91. The van der Waals surface area contributed by atoms with E-state index < -0.39 is 4.92 Å². The van der Waals surface area contributed by atoms with Crippen LogP contribution in [0.25, 0.3) is 0 Å². The van der Waals surface area contributed by atoms with Crippen LogP contribution in [0, 0.1) is 10.1 Å². The third kappa shape index (κ3) is 2.66. The molecule has 9 heteroatoms. The van der Waals surface area contributed by atoms with E-state index in [1.807, 2.05) is 0 Å². The lowest BCUT2D eigenvalue weighted by Crippen LogP contribution is -2.19. The highest BCUT2D eigenvalue weighted by atomic mass is 16.6. The number of nitro benzene ring substituents is 1. The summed E-state index contributed by atoms with van der Waals surface area (Å²) in [6.45, 7) is 0.185. The number of fused-ring (bicyclic) bond motifs is 1. The molecule has 1 amide bonds. The van der Waals surface area contributed by atoms with Crippen LogP contribution < -0.4 is 10.6 Å². The molecule has 108 valence electrons. The smallest absolute Gasteiger partial charge is 0.292 e. The molecule has 0 aliphatic carbocycles. The fraction of sp³-hybridized carbons (Fsp3) is 0.250. The normalized spacial score (nSPS) is 13.4. The lowest BCUT2D eigenvalue weighted by atomic mass is 10.0. The van der Waals surface area contributed by atoms with E-state index in [9.17, 15) is 14.9 Å². The standard InChI is InChI=1S/C12H11N5O4/c18-12-2-1-7-3-10(17(19)20)9(4-8(7)15-12)13-5-11-14-6-21-16-11/h3-4,6,13H,1-2,5H2,(H,15,18). The summed E-state index contributed by atoms with van der Waals surface area (Å²) in [6, 6.07) is 3.04. The molecule has 2 aromatic rings. The zero-order valence-electron chi connectivity index (χ0n) is 10.8. The lowest BCUT2D eigenvalue weighted by molar-refractivity contribution is -0.384. The van der Waals surface area contributed by atoms with Gasteiger partial charge in [-0.1, -0.05) is 5.16 Å². The second kappa shape index (κ2) is 5.19. The molecule has 0 atom stereocenters. The topological polar surface area (TPSA) is 123 Å². The van der Waals surface area contributed by atoms with Gasteiger partial charge in [-0.3, -0.25) is 14.9 Å². The van der Waals surface area contributed by atoms with E-state index >= 15 is 0 Å². The minimum absolute atomic E-state index is 0.0478. The first-order valence-electron chi connectivity index (χ1n) is 6.24. The van der Waals surface area contributed by atoms with Crippen LogP contribution in [0.1, 0.15) is 17.8 Å². The molecule has 21 heavy (non-hydrogen) atoms. The van der Waals surface area contributed by atoms with Crippen LogP contribution in [-0.2, 0) is 17.8 Å². The summed E-state index contributed by atoms with van der Waals surface area (Å²) in [4.78, 5) is 25.9. The highest BCUT2D eigenvalue weighted by molar-refractivity contribution is 5.95. The molecule has 0 saturated heterocycles. The second-order valence-electron chi connectivity index (χ2n) is 4.53. The van der Waals surface area contributed by atoms with Crippen LogP contribution in [-0.4, -0.2) is 21.0 Å². The van der Waals surface area contributed by atoms with Crippen LogP contribution in [0.4, 0.5) is 17.1 Å². The van der Waals surface area contributed by atoms with Crippen molar-refractivity contribution in [2.45, 2.75) is 19.4 Å². The van der Waals surface area contributed by atoms with E-state index in [4.69, 9.17) is 0 Å². The van der Waals surface area contributed by atoms with Crippen molar-refractivity contribution in [2.24, 2.45) is 0 Å². The van der Waals surface area contributed by atoms with E-state index in [1.54, 1.807) is 6.07 Å². The summed E-state index contributed by atoms with van der Waals surface area (Å²) in [5.74, 6) is 0.284. The molecule has 1 aromatic carbocycles. The van der Waals surface area contributed by atoms with Gasteiger partial charge in [-0.2, -0.15) is 4.98 Å². The molecule has 0 radical (unpaired) electrons. The zero-order chi connectivity index (χ0) is 14.8. The van der Waals surface area contributed by atoms with Gasteiger partial charge in [0.25, 0.3) is 5.69 Å². The van der Waals surface area contributed by atoms with E-state index in [0.717, 1.165) is 5.56 Å². The summed E-state index contributed by atoms with van der Waals surface area (Å²) in [6.07, 6.45) is 2.01. The molecule has 2 N–H and O–H groups in total. The predicted molar refractivity (Wildman–Crippen MR) is 71.7 cm³/mol. The maximum atomic E-state index is 11.4. The number of aromatic nitrogens is 2. The quantitative estimate of drug-likeness (QED) is 0.645. The number of hydrogen-bond donors (Lipinski definition) is 2. The van der Waals surface area contributed by atoms with Gasteiger partial charge in [-0.15, -0.1) is 0 Å². The number of rotatable bonds is 4. The fourth-order valence-corrected chi connectivity index (χ4v) is 2.15. The van der Waals surface area contributed by atoms with Gasteiger partial charge >= 0.3 is 0 Å². The van der Waals surface area contributed by atoms with Gasteiger partial charge in [0, 0.05) is 18.2 Å². The van der Waals surface area contributed by atoms with Gasteiger partial charge in [0.1, 0.15) is 5.69 Å². The number of carbonyl (C=O) groups excluding carboxylic acids is 1. The first kappa shape index (κ1) is 13.0. The van der Waals surface area contributed by atoms with Crippen LogP contribution in [0.15, 0.2) is 23.0 Å². The monoisotopic (exact) mass is 289 g/mol. The number of hydrogen-bond acceptors (Lipinski definition) is 7. The number of nitrogens with zero attached hydrogens (tertiary/aromatic N) is 3. The van der Waals surface area contributed by atoms with Crippen LogP contribution in [0.2, 0.25) is 0 Å². The van der Waals surface area contributed by atoms with E-state index in [-0.39, 0.29) is 18.1 Å². The molecule has 1 aliphatic rings.